The molecule has 0 fully saturated rings. The first-order valence-electron chi connectivity index (χ1n) is 11.9. The molecule has 0 amide bonds. The molecule has 5 aromatic rings. The van der Waals surface area contributed by atoms with Crippen molar-refractivity contribution in [1.82, 2.24) is 10.3 Å². The quantitative estimate of drug-likeness (QED) is 0.216. The molecule has 0 spiro atoms. The van der Waals surface area contributed by atoms with Crippen LogP contribution < -0.4 is 15.4 Å². The van der Waals surface area contributed by atoms with Crippen LogP contribution in [0, 0.1) is 0 Å². The van der Waals surface area contributed by atoms with E-state index < -0.39 is 9.84 Å². The molecule has 0 saturated carbocycles. The predicted molar refractivity (Wildman–Crippen MR) is 147 cm³/mol. The molecule has 7 nitrogen and oxygen atoms in total. The van der Waals surface area contributed by atoms with Crippen molar-refractivity contribution in [2.24, 2.45) is 0 Å². The van der Waals surface area contributed by atoms with Gasteiger partial charge in [0.05, 0.1) is 17.8 Å². The van der Waals surface area contributed by atoms with E-state index >= 15 is 0 Å². The Kier molecular flexibility index (Phi) is 7.20. The van der Waals surface area contributed by atoms with Gasteiger partial charge in [0.25, 0.3) is 0 Å². The number of nitrogens with zero attached hydrogens (tertiary/aromatic N) is 1. The first-order valence-corrected chi connectivity index (χ1v) is 14.0. The van der Waals surface area contributed by atoms with Gasteiger partial charge in [-0.25, -0.2) is 8.42 Å². The van der Waals surface area contributed by atoms with Crippen LogP contribution in [0.2, 0.25) is 0 Å². The Hall–Kier alpha value is -4.14. The molecule has 3 aromatic carbocycles. The lowest BCUT2D eigenvalue weighted by Crippen LogP contribution is -2.21. The third-order valence-corrected chi connectivity index (χ3v) is 6.70. The summed E-state index contributed by atoms with van der Waals surface area (Å²) >= 11 is 0. The van der Waals surface area contributed by atoms with E-state index in [9.17, 15) is 8.42 Å². The van der Waals surface area contributed by atoms with Gasteiger partial charge in [0.2, 0.25) is 0 Å². The van der Waals surface area contributed by atoms with E-state index in [4.69, 9.17) is 9.15 Å². The average Bonchev–Trinajstić information content (AvgIpc) is 3.37. The second kappa shape index (κ2) is 10.9. The number of para-hydroxylation sites is 1. The highest BCUT2D eigenvalue weighted by Gasteiger charge is 2.09. The van der Waals surface area contributed by atoms with Crippen molar-refractivity contribution in [2.75, 3.05) is 23.9 Å². The van der Waals surface area contributed by atoms with Crippen molar-refractivity contribution in [3.63, 3.8) is 0 Å². The smallest absolute Gasteiger partial charge is 0.148 e. The molecule has 0 atom stereocenters. The lowest BCUT2D eigenvalue weighted by Gasteiger charge is -2.11. The fraction of sp³-hybridized carbons (Fsp3) is 0.138. The summed E-state index contributed by atoms with van der Waals surface area (Å²) in [6.07, 6.45) is 3.01. The maximum absolute atomic E-state index is 11.3. The SMILES string of the molecule is CS(=O)(=O)CCNCc1ccc(-c2ccc3c(Nc4ccc(Oc5ccccc5)cc4)ccnc3c2)o1. The first kappa shape index (κ1) is 24.5. The molecule has 0 saturated heterocycles. The summed E-state index contributed by atoms with van der Waals surface area (Å²) in [4.78, 5) is 4.55. The van der Waals surface area contributed by atoms with E-state index in [0.717, 1.165) is 50.9 Å². The number of sulfone groups is 1. The predicted octanol–water partition coefficient (Wildman–Crippen LogP) is 6.16. The van der Waals surface area contributed by atoms with Gasteiger partial charge < -0.3 is 19.8 Å². The molecule has 37 heavy (non-hydrogen) atoms. The second-order valence-corrected chi connectivity index (χ2v) is 11.0. The van der Waals surface area contributed by atoms with Gasteiger partial charge in [-0.3, -0.25) is 4.98 Å². The first-order chi connectivity index (χ1) is 17.9. The molecule has 0 aliphatic heterocycles. The van der Waals surface area contributed by atoms with Crippen molar-refractivity contribution in [3.05, 3.63) is 103 Å². The topological polar surface area (TPSA) is 93.5 Å². The molecule has 0 radical (unpaired) electrons. The van der Waals surface area contributed by atoms with E-state index in [1.165, 1.54) is 6.26 Å². The van der Waals surface area contributed by atoms with Crippen LogP contribution >= 0.6 is 0 Å². The molecule has 0 unspecified atom stereocenters. The van der Waals surface area contributed by atoms with E-state index in [0.29, 0.717) is 13.1 Å². The normalized spacial score (nSPS) is 11.5. The second-order valence-electron chi connectivity index (χ2n) is 8.73. The zero-order valence-electron chi connectivity index (χ0n) is 20.3. The van der Waals surface area contributed by atoms with Gasteiger partial charge in [-0.1, -0.05) is 24.3 Å². The van der Waals surface area contributed by atoms with Gasteiger partial charge >= 0.3 is 0 Å². The summed E-state index contributed by atoms with van der Waals surface area (Å²) in [5.41, 5.74) is 3.65. The number of hydrogen-bond donors (Lipinski definition) is 2. The number of furan rings is 1. The minimum Gasteiger partial charge on any atom is -0.460 e. The molecule has 8 heteroatoms. The van der Waals surface area contributed by atoms with E-state index in [1.807, 2.05) is 91.0 Å². The largest absolute Gasteiger partial charge is 0.460 e. The van der Waals surface area contributed by atoms with Crippen LogP contribution in [0.1, 0.15) is 5.76 Å². The van der Waals surface area contributed by atoms with Crippen molar-refractivity contribution in [2.45, 2.75) is 6.54 Å². The van der Waals surface area contributed by atoms with Crippen LogP contribution in [0.25, 0.3) is 22.2 Å². The molecule has 188 valence electrons. The number of hydrogen-bond acceptors (Lipinski definition) is 7. The summed E-state index contributed by atoms with van der Waals surface area (Å²) in [5.74, 6) is 3.14. The standard InChI is InChI=1S/C29H27N3O4S/c1-37(33,34)18-17-30-20-25-12-14-29(36-25)21-7-13-26-27(15-16-31-28(26)19-21)32-22-8-10-24(11-9-22)35-23-5-3-2-4-6-23/h2-16,19,30H,17-18,20H2,1H3,(H,31,32). The summed E-state index contributed by atoms with van der Waals surface area (Å²) in [6, 6.07) is 29.3. The Labute approximate surface area is 216 Å². The Balaban J connectivity index is 1.26. The van der Waals surface area contributed by atoms with Crippen LogP contribution in [0.15, 0.2) is 102 Å². The Morgan fingerprint density at radius 1 is 0.892 bits per heavy atom. The number of pyridine rings is 1. The van der Waals surface area contributed by atoms with Gasteiger partial charge in [0, 0.05) is 41.3 Å². The summed E-state index contributed by atoms with van der Waals surface area (Å²) in [5, 5.41) is 7.56. The number of benzene rings is 3. The van der Waals surface area contributed by atoms with Crippen molar-refractivity contribution >= 4 is 32.1 Å². The third-order valence-electron chi connectivity index (χ3n) is 5.75. The molecular weight excluding hydrogens is 486 g/mol. The molecule has 2 aromatic heterocycles. The van der Waals surface area contributed by atoms with Gasteiger partial charge in [-0.15, -0.1) is 0 Å². The molecule has 5 rings (SSSR count). The molecule has 0 aliphatic carbocycles. The Morgan fingerprint density at radius 2 is 1.68 bits per heavy atom. The highest BCUT2D eigenvalue weighted by molar-refractivity contribution is 7.90. The Morgan fingerprint density at radius 3 is 2.46 bits per heavy atom. The van der Waals surface area contributed by atoms with Crippen LogP contribution in [-0.2, 0) is 16.4 Å². The lowest BCUT2D eigenvalue weighted by molar-refractivity contribution is 0.483. The van der Waals surface area contributed by atoms with E-state index in [1.54, 1.807) is 6.20 Å². The number of nitrogens with one attached hydrogen (secondary N) is 2. The van der Waals surface area contributed by atoms with Crippen molar-refractivity contribution in [3.8, 4) is 22.8 Å². The maximum Gasteiger partial charge on any atom is 0.148 e. The molecule has 0 bridgehead atoms. The molecule has 2 heterocycles. The van der Waals surface area contributed by atoms with Gasteiger partial charge in [0.1, 0.15) is 32.9 Å². The van der Waals surface area contributed by atoms with Crippen LogP contribution in [0.4, 0.5) is 11.4 Å². The summed E-state index contributed by atoms with van der Waals surface area (Å²) < 4.78 is 34.4. The maximum atomic E-state index is 11.3. The van der Waals surface area contributed by atoms with E-state index in [2.05, 4.69) is 15.6 Å². The summed E-state index contributed by atoms with van der Waals surface area (Å²) in [6.45, 7) is 0.845. The fourth-order valence-corrected chi connectivity index (χ4v) is 4.41. The van der Waals surface area contributed by atoms with Gasteiger partial charge in [-0.2, -0.15) is 0 Å². The minimum atomic E-state index is -2.99. The summed E-state index contributed by atoms with van der Waals surface area (Å²) in [7, 11) is -2.99. The van der Waals surface area contributed by atoms with Crippen LogP contribution in [0.5, 0.6) is 11.5 Å². The van der Waals surface area contributed by atoms with Crippen molar-refractivity contribution in [1.29, 1.82) is 0 Å². The van der Waals surface area contributed by atoms with Gasteiger partial charge in [-0.05, 0) is 66.7 Å². The lowest BCUT2D eigenvalue weighted by atomic mass is 10.1. The van der Waals surface area contributed by atoms with Crippen LogP contribution in [-0.4, -0.2) is 32.0 Å². The number of aromatic nitrogens is 1. The fourth-order valence-electron chi connectivity index (χ4n) is 3.89. The van der Waals surface area contributed by atoms with Gasteiger partial charge in [0.15, 0.2) is 0 Å². The van der Waals surface area contributed by atoms with Crippen LogP contribution in [0.3, 0.4) is 0 Å². The zero-order chi connectivity index (χ0) is 25.7. The Bertz CT molecular complexity index is 1600. The molecule has 0 aliphatic rings. The highest BCUT2D eigenvalue weighted by atomic mass is 32.2. The average molecular weight is 514 g/mol. The minimum absolute atomic E-state index is 0.0961. The molecule has 2 N–H and O–H groups in total. The third kappa shape index (κ3) is 6.55. The van der Waals surface area contributed by atoms with E-state index in [-0.39, 0.29) is 5.75 Å². The number of anilines is 2. The zero-order valence-corrected chi connectivity index (χ0v) is 21.2. The highest BCUT2D eigenvalue weighted by Crippen LogP contribution is 2.31. The number of rotatable bonds is 10. The number of ether oxygens (including phenoxy) is 1. The van der Waals surface area contributed by atoms with Crippen molar-refractivity contribution < 1.29 is 17.6 Å². The monoisotopic (exact) mass is 513 g/mol. The number of fused-ring (bicyclic) bond motifs is 1. The molecular formula is C29H27N3O4S.